The van der Waals surface area contributed by atoms with Crippen molar-refractivity contribution in [1.29, 1.82) is 0 Å². The molecule has 0 saturated heterocycles. The number of aliphatic hydroxyl groups is 1. The van der Waals surface area contributed by atoms with Gasteiger partial charge in [0.05, 0.1) is 11.1 Å². The first-order valence-electron chi connectivity index (χ1n) is 12.4. The Morgan fingerprint density at radius 1 is 1.18 bits per heavy atom. The van der Waals surface area contributed by atoms with Gasteiger partial charge in [0, 0.05) is 30.9 Å². The van der Waals surface area contributed by atoms with Gasteiger partial charge in [0.1, 0.15) is 17.1 Å². The molecule has 2 aromatic rings. The summed E-state index contributed by atoms with van der Waals surface area (Å²) in [6, 6.07) is 3.31. The lowest BCUT2D eigenvalue weighted by Gasteiger charge is -2.38. The molecule has 2 aliphatic rings. The first-order valence-corrected chi connectivity index (χ1v) is 12.4. The molecule has 34 heavy (non-hydrogen) atoms. The summed E-state index contributed by atoms with van der Waals surface area (Å²) < 4.78 is 46.9. The molecule has 0 aliphatic heterocycles. The normalized spacial score (nSPS) is 18.6. The third-order valence-electron chi connectivity index (χ3n) is 7.05. The number of benzene rings is 1. The minimum Gasteiger partial charge on any atom is -0.403 e. The van der Waals surface area contributed by atoms with Gasteiger partial charge >= 0.3 is 6.36 Å². The summed E-state index contributed by atoms with van der Waals surface area (Å²) in [6.07, 6.45) is 2.58. The number of aryl methyl sites for hydroxylation is 1. The first-order chi connectivity index (χ1) is 15.9. The van der Waals surface area contributed by atoms with Gasteiger partial charge in [-0.3, -0.25) is 4.79 Å². The summed E-state index contributed by atoms with van der Waals surface area (Å²) in [5, 5.41) is 10.9. The molecule has 188 valence electrons. The molecule has 0 unspecified atom stereocenters. The summed E-state index contributed by atoms with van der Waals surface area (Å²) in [7, 11) is 0. The number of ether oxygens (including phenoxy) is 1. The van der Waals surface area contributed by atoms with Crippen LogP contribution in [0.25, 0.3) is 11.0 Å². The fourth-order valence-corrected chi connectivity index (χ4v) is 5.07. The van der Waals surface area contributed by atoms with E-state index in [1.165, 1.54) is 6.07 Å². The Morgan fingerprint density at radius 2 is 1.88 bits per heavy atom. The SMILES string of the molecule is CC(C)(C)CC(=O)CCCCc1nc2ccc(C3(O)CCC3)c(OC(F)(F)F)c2n1C1CCC1. The van der Waals surface area contributed by atoms with E-state index in [0.717, 1.165) is 44.3 Å². The number of nitrogens with zero attached hydrogens (tertiary/aromatic N) is 2. The van der Waals surface area contributed by atoms with Crippen molar-refractivity contribution in [3.05, 3.63) is 23.5 Å². The number of ketones is 1. The van der Waals surface area contributed by atoms with Crippen molar-refractivity contribution in [2.24, 2.45) is 5.41 Å². The highest BCUT2D eigenvalue weighted by atomic mass is 19.4. The van der Waals surface area contributed by atoms with E-state index >= 15 is 0 Å². The van der Waals surface area contributed by atoms with Gasteiger partial charge in [-0.15, -0.1) is 13.2 Å². The number of halogens is 3. The zero-order valence-electron chi connectivity index (χ0n) is 20.3. The molecule has 1 heterocycles. The third kappa shape index (κ3) is 5.42. The Morgan fingerprint density at radius 3 is 2.41 bits per heavy atom. The predicted octanol–water partition coefficient (Wildman–Crippen LogP) is 6.75. The van der Waals surface area contributed by atoms with E-state index < -0.39 is 12.0 Å². The number of alkyl halides is 3. The van der Waals surface area contributed by atoms with Crippen LogP contribution < -0.4 is 4.74 Å². The summed E-state index contributed by atoms with van der Waals surface area (Å²) in [5.41, 5.74) is -0.345. The zero-order valence-corrected chi connectivity index (χ0v) is 20.3. The minimum atomic E-state index is -4.87. The Labute approximate surface area is 198 Å². The van der Waals surface area contributed by atoms with Crippen molar-refractivity contribution in [2.45, 2.75) is 109 Å². The molecule has 0 bridgehead atoms. The molecule has 2 aliphatic carbocycles. The lowest BCUT2D eigenvalue weighted by molar-refractivity contribution is -0.275. The van der Waals surface area contributed by atoms with Crippen LogP contribution in [0.15, 0.2) is 12.1 Å². The summed E-state index contributed by atoms with van der Waals surface area (Å²) >= 11 is 0. The monoisotopic (exact) mass is 480 g/mol. The van der Waals surface area contributed by atoms with Crippen molar-refractivity contribution in [2.75, 3.05) is 0 Å². The van der Waals surface area contributed by atoms with Crippen LogP contribution in [0.3, 0.4) is 0 Å². The van der Waals surface area contributed by atoms with Crippen LogP contribution in [0, 0.1) is 5.41 Å². The van der Waals surface area contributed by atoms with E-state index in [1.807, 2.05) is 25.3 Å². The molecule has 1 N–H and O–H groups in total. The van der Waals surface area contributed by atoms with Gasteiger partial charge in [-0.1, -0.05) is 26.8 Å². The van der Waals surface area contributed by atoms with Crippen LogP contribution >= 0.6 is 0 Å². The molecule has 5 nitrogen and oxygen atoms in total. The molecule has 4 rings (SSSR count). The Balaban J connectivity index is 1.64. The Bertz CT molecular complexity index is 1040. The van der Waals surface area contributed by atoms with Crippen LogP contribution in [-0.2, 0) is 16.8 Å². The number of fused-ring (bicyclic) bond motifs is 1. The van der Waals surface area contributed by atoms with Crippen LogP contribution in [0.5, 0.6) is 5.75 Å². The number of hydrogen-bond acceptors (Lipinski definition) is 4. The van der Waals surface area contributed by atoms with E-state index in [2.05, 4.69) is 4.74 Å². The maximum absolute atomic E-state index is 13.5. The molecule has 0 atom stereocenters. The molecule has 8 heteroatoms. The van der Waals surface area contributed by atoms with Gasteiger partial charge in [0.2, 0.25) is 0 Å². The molecule has 2 fully saturated rings. The lowest BCUT2D eigenvalue weighted by Crippen LogP contribution is -2.35. The van der Waals surface area contributed by atoms with E-state index in [4.69, 9.17) is 4.98 Å². The molecule has 0 spiro atoms. The highest BCUT2D eigenvalue weighted by Gasteiger charge is 2.43. The number of hydrogen-bond donors (Lipinski definition) is 1. The second-order valence-corrected chi connectivity index (χ2v) is 11.2. The van der Waals surface area contributed by atoms with Crippen LogP contribution in [0.1, 0.15) is 102 Å². The van der Waals surface area contributed by atoms with Crippen LogP contribution in [0.2, 0.25) is 0 Å². The average Bonchev–Trinajstić information content (AvgIpc) is 2.98. The molecule has 1 aromatic carbocycles. The fourth-order valence-electron chi connectivity index (χ4n) is 5.07. The van der Waals surface area contributed by atoms with Crippen molar-refractivity contribution in [3.63, 3.8) is 0 Å². The first kappa shape index (κ1) is 25.0. The largest absolute Gasteiger partial charge is 0.573 e. The van der Waals surface area contributed by atoms with E-state index in [-0.39, 0.29) is 28.6 Å². The predicted molar refractivity (Wildman–Crippen MR) is 124 cm³/mol. The van der Waals surface area contributed by atoms with Crippen molar-refractivity contribution in [3.8, 4) is 5.75 Å². The average molecular weight is 481 g/mol. The number of carbonyl (C=O) groups is 1. The van der Waals surface area contributed by atoms with Crippen LogP contribution in [0.4, 0.5) is 13.2 Å². The van der Waals surface area contributed by atoms with E-state index in [9.17, 15) is 23.1 Å². The second kappa shape index (κ2) is 9.17. The molecule has 2 saturated carbocycles. The van der Waals surface area contributed by atoms with Gasteiger partial charge < -0.3 is 14.4 Å². The fraction of sp³-hybridized carbons (Fsp3) is 0.692. The summed E-state index contributed by atoms with van der Waals surface area (Å²) in [5.74, 6) is 0.658. The molecular weight excluding hydrogens is 445 g/mol. The third-order valence-corrected chi connectivity index (χ3v) is 7.05. The number of unbranched alkanes of at least 4 members (excludes halogenated alkanes) is 1. The smallest absolute Gasteiger partial charge is 0.403 e. The van der Waals surface area contributed by atoms with E-state index in [0.29, 0.717) is 43.1 Å². The number of Topliss-reactive ketones (excluding diaryl/α,β-unsaturated/α-hetero) is 1. The Hall–Kier alpha value is -2.09. The van der Waals surface area contributed by atoms with Gasteiger partial charge in [0.15, 0.2) is 5.75 Å². The topological polar surface area (TPSA) is 64.3 Å². The van der Waals surface area contributed by atoms with Crippen molar-refractivity contribution >= 4 is 16.8 Å². The van der Waals surface area contributed by atoms with Crippen molar-refractivity contribution < 1.29 is 27.8 Å². The maximum atomic E-state index is 13.5. The number of aromatic nitrogens is 2. The van der Waals surface area contributed by atoms with Crippen LogP contribution in [-0.4, -0.2) is 26.8 Å². The highest BCUT2D eigenvalue weighted by molar-refractivity contribution is 5.85. The highest BCUT2D eigenvalue weighted by Crippen LogP contribution is 2.49. The quantitative estimate of drug-likeness (QED) is 0.403. The van der Waals surface area contributed by atoms with Gasteiger partial charge in [0.25, 0.3) is 0 Å². The minimum absolute atomic E-state index is 0.0353. The molecule has 0 radical (unpaired) electrons. The molecule has 1 aromatic heterocycles. The van der Waals surface area contributed by atoms with E-state index in [1.54, 1.807) is 6.07 Å². The summed E-state index contributed by atoms with van der Waals surface area (Å²) in [6.45, 7) is 6.13. The van der Waals surface area contributed by atoms with Gasteiger partial charge in [-0.05, 0) is 62.8 Å². The van der Waals surface area contributed by atoms with Gasteiger partial charge in [-0.25, -0.2) is 4.98 Å². The summed E-state index contributed by atoms with van der Waals surface area (Å²) in [4.78, 5) is 16.9. The number of carbonyl (C=O) groups excluding carboxylic acids is 1. The second-order valence-electron chi connectivity index (χ2n) is 11.2. The molecule has 0 amide bonds. The standard InChI is InChI=1S/C26H35F3N2O3/c1-24(2,3)16-18(32)10-4-5-11-21-30-20-13-12-19(25(33)14-7-15-25)23(34-26(27,28)29)22(20)31(21)17-8-6-9-17/h12-13,17,33H,4-11,14-16H2,1-3H3. The van der Waals surface area contributed by atoms with Crippen molar-refractivity contribution in [1.82, 2.24) is 9.55 Å². The zero-order chi connectivity index (χ0) is 24.7. The number of imidazole rings is 1. The van der Waals surface area contributed by atoms with Gasteiger partial charge in [-0.2, -0.15) is 0 Å². The molecular formula is C26H35F3N2O3. The lowest BCUT2D eigenvalue weighted by atomic mass is 9.74. The number of rotatable bonds is 9. The maximum Gasteiger partial charge on any atom is 0.573 e. The Kier molecular flexibility index (Phi) is 6.75.